The van der Waals surface area contributed by atoms with E-state index in [9.17, 15) is 0 Å². The summed E-state index contributed by atoms with van der Waals surface area (Å²) in [6.07, 6.45) is 0. The lowest BCUT2D eigenvalue weighted by Gasteiger charge is -2.30. The summed E-state index contributed by atoms with van der Waals surface area (Å²) in [7, 11) is 4.19. The van der Waals surface area contributed by atoms with Crippen molar-refractivity contribution in [3.8, 4) is 0 Å². The van der Waals surface area contributed by atoms with Gasteiger partial charge in [0.25, 0.3) is 0 Å². The molecule has 0 saturated heterocycles. The van der Waals surface area contributed by atoms with Crippen LogP contribution < -0.4 is 5.32 Å². The Labute approximate surface area is 103 Å². The van der Waals surface area contributed by atoms with Gasteiger partial charge in [0, 0.05) is 24.5 Å². The first-order valence-electron chi connectivity index (χ1n) is 5.67. The molecule has 0 saturated carbocycles. The van der Waals surface area contributed by atoms with E-state index in [0.717, 1.165) is 19.6 Å². The van der Waals surface area contributed by atoms with E-state index < -0.39 is 0 Å². The minimum Gasteiger partial charge on any atom is -0.319 e. The van der Waals surface area contributed by atoms with E-state index in [1.165, 1.54) is 10.6 Å². The van der Waals surface area contributed by atoms with Gasteiger partial charge in [-0.05, 0) is 26.4 Å². The van der Waals surface area contributed by atoms with Crippen LogP contribution in [0, 0.1) is 12.3 Å². The van der Waals surface area contributed by atoms with Crippen LogP contribution in [0.3, 0.4) is 0 Å². The van der Waals surface area contributed by atoms with Crippen molar-refractivity contribution in [1.29, 1.82) is 0 Å². The van der Waals surface area contributed by atoms with Crippen LogP contribution in [0.4, 0.5) is 0 Å². The van der Waals surface area contributed by atoms with Crippen molar-refractivity contribution in [2.75, 3.05) is 27.2 Å². The van der Waals surface area contributed by atoms with E-state index in [-0.39, 0.29) is 0 Å². The highest BCUT2D eigenvalue weighted by Crippen LogP contribution is 2.19. The van der Waals surface area contributed by atoms with Crippen LogP contribution in [0.15, 0.2) is 5.51 Å². The van der Waals surface area contributed by atoms with E-state index >= 15 is 0 Å². The van der Waals surface area contributed by atoms with Crippen LogP contribution in [-0.4, -0.2) is 37.1 Å². The monoisotopic (exact) mass is 241 g/mol. The minimum absolute atomic E-state index is 0.308. The topological polar surface area (TPSA) is 28.2 Å². The zero-order valence-corrected chi connectivity index (χ0v) is 11.8. The Kier molecular flexibility index (Phi) is 4.89. The standard InChI is InChI=1S/C12H23N3S/c1-10-11(16-9-14-10)6-15(5)8-12(2,3)7-13-4/h9,13H,6-8H2,1-5H3. The van der Waals surface area contributed by atoms with Crippen molar-refractivity contribution < 1.29 is 0 Å². The fourth-order valence-electron chi connectivity index (χ4n) is 2.04. The quantitative estimate of drug-likeness (QED) is 0.827. The van der Waals surface area contributed by atoms with Crippen LogP contribution in [0.2, 0.25) is 0 Å². The molecule has 0 bridgehead atoms. The van der Waals surface area contributed by atoms with E-state index in [1.54, 1.807) is 11.3 Å². The van der Waals surface area contributed by atoms with Gasteiger partial charge in [-0.1, -0.05) is 13.8 Å². The summed E-state index contributed by atoms with van der Waals surface area (Å²) in [5.41, 5.74) is 3.41. The zero-order chi connectivity index (χ0) is 12.2. The molecular formula is C12H23N3S. The smallest absolute Gasteiger partial charge is 0.0798 e. The maximum Gasteiger partial charge on any atom is 0.0798 e. The lowest BCUT2D eigenvalue weighted by atomic mass is 9.93. The van der Waals surface area contributed by atoms with Gasteiger partial charge in [-0.2, -0.15) is 0 Å². The summed E-state index contributed by atoms with van der Waals surface area (Å²) >= 11 is 1.75. The average Bonchev–Trinajstić information content (AvgIpc) is 2.50. The summed E-state index contributed by atoms with van der Waals surface area (Å²) in [6, 6.07) is 0. The first-order chi connectivity index (χ1) is 7.44. The Morgan fingerprint density at radius 1 is 1.50 bits per heavy atom. The average molecular weight is 241 g/mol. The summed E-state index contributed by atoms with van der Waals surface area (Å²) in [6.45, 7) is 9.80. The molecule has 0 atom stereocenters. The number of nitrogens with zero attached hydrogens (tertiary/aromatic N) is 2. The van der Waals surface area contributed by atoms with Gasteiger partial charge in [0.2, 0.25) is 0 Å². The summed E-state index contributed by atoms with van der Waals surface area (Å²) in [5, 5.41) is 3.25. The van der Waals surface area contributed by atoms with E-state index in [4.69, 9.17) is 0 Å². The highest BCUT2D eigenvalue weighted by atomic mass is 32.1. The van der Waals surface area contributed by atoms with E-state index in [0.29, 0.717) is 5.41 Å². The van der Waals surface area contributed by atoms with Crippen molar-refractivity contribution in [3.63, 3.8) is 0 Å². The zero-order valence-electron chi connectivity index (χ0n) is 11.0. The number of thiazole rings is 1. The van der Waals surface area contributed by atoms with E-state index in [1.807, 2.05) is 12.6 Å². The molecule has 0 aliphatic carbocycles. The van der Waals surface area contributed by atoms with Crippen LogP contribution in [-0.2, 0) is 6.54 Å². The molecule has 4 heteroatoms. The van der Waals surface area contributed by atoms with Gasteiger partial charge in [0.1, 0.15) is 0 Å². The third-order valence-corrected chi connectivity index (χ3v) is 3.53. The Balaban J connectivity index is 2.47. The lowest BCUT2D eigenvalue weighted by Crippen LogP contribution is -2.37. The molecule has 0 aromatic carbocycles. The van der Waals surface area contributed by atoms with Crippen molar-refractivity contribution in [1.82, 2.24) is 15.2 Å². The molecule has 1 rings (SSSR count). The molecule has 92 valence electrons. The van der Waals surface area contributed by atoms with Gasteiger partial charge in [-0.25, -0.2) is 4.98 Å². The molecule has 0 aliphatic rings. The molecule has 1 N–H and O–H groups in total. The first-order valence-corrected chi connectivity index (χ1v) is 6.55. The van der Waals surface area contributed by atoms with E-state index in [2.05, 4.69) is 43.0 Å². The van der Waals surface area contributed by atoms with Crippen molar-refractivity contribution >= 4 is 11.3 Å². The molecule has 1 aromatic heterocycles. The fraction of sp³-hybridized carbons (Fsp3) is 0.750. The normalized spacial score (nSPS) is 12.4. The van der Waals surface area contributed by atoms with Crippen LogP contribution >= 0.6 is 11.3 Å². The number of aryl methyl sites for hydroxylation is 1. The third-order valence-electron chi connectivity index (χ3n) is 2.61. The summed E-state index contributed by atoms with van der Waals surface area (Å²) < 4.78 is 0. The fourth-order valence-corrected chi connectivity index (χ4v) is 2.90. The molecule has 0 fully saturated rings. The second-order valence-corrected chi connectivity index (χ2v) is 6.17. The SMILES string of the molecule is CNCC(C)(C)CN(C)Cc1scnc1C. The largest absolute Gasteiger partial charge is 0.319 e. The number of hydrogen-bond acceptors (Lipinski definition) is 4. The highest BCUT2D eigenvalue weighted by molar-refractivity contribution is 7.09. The third kappa shape index (κ3) is 4.20. The van der Waals surface area contributed by atoms with Gasteiger partial charge < -0.3 is 10.2 Å². The summed E-state index contributed by atoms with van der Waals surface area (Å²) in [4.78, 5) is 8.03. The van der Waals surface area contributed by atoms with Crippen LogP contribution in [0.25, 0.3) is 0 Å². The lowest BCUT2D eigenvalue weighted by molar-refractivity contribution is 0.202. The molecule has 0 unspecified atom stereocenters. The molecule has 1 aromatic rings. The number of aromatic nitrogens is 1. The van der Waals surface area contributed by atoms with Gasteiger partial charge in [-0.3, -0.25) is 0 Å². The molecule has 16 heavy (non-hydrogen) atoms. The van der Waals surface area contributed by atoms with Gasteiger partial charge >= 0.3 is 0 Å². The molecule has 1 heterocycles. The van der Waals surface area contributed by atoms with Crippen molar-refractivity contribution in [3.05, 3.63) is 16.1 Å². The summed E-state index contributed by atoms with van der Waals surface area (Å²) in [5.74, 6) is 0. The van der Waals surface area contributed by atoms with Crippen molar-refractivity contribution in [2.24, 2.45) is 5.41 Å². The molecule has 3 nitrogen and oxygen atoms in total. The maximum atomic E-state index is 4.28. The second-order valence-electron chi connectivity index (χ2n) is 5.23. The van der Waals surface area contributed by atoms with Crippen LogP contribution in [0.1, 0.15) is 24.4 Å². The Morgan fingerprint density at radius 2 is 2.19 bits per heavy atom. The van der Waals surface area contributed by atoms with Gasteiger partial charge in [0.05, 0.1) is 11.2 Å². The highest BCUT2D eigenvalue weighted by Gasteiger charge is 2.19. The maximum absolute atomic E-state index is 4.28. The molecule has 0 aliphatic heterocycles. The molecule has 0 spiro atoms. The van der Waals surface area contributed by atoms with Gasteiger partial charge in [-0.15, -0.1) is 11.3 Å². The second kappa shape index (κ2) is 5.75. The van der Waals surface area contributed by atoms with Gasteiger partial charge in [0.15, 0.2) is 0 Å². The van der Waals surface area contributed by atoms with Crippen LogP contribution in [0.5, 0.6) is 0 Å². The number of nitrogens with one attached hydrogen (secondary N) is 1. The predicted octanol–water partition coefficient (Wildman–Crippen LogP) is 2.13. The number of rotatable bonds is 6. The Morgan fingerprint density at radius 3 is 2.69 bits per heavy atom. The van der Waals surface area contributed by atoms with Crippen molar-refractivity contribution in [2.45, 2.75) is 27.3 Å². The minimum atomic E-state index is 0.308. The first kappa shape index (κ1) is 13.6. The Bertz CT molecular complexity index is 320. The Hall–Kier alpha value is -0.450. The molecule has 0 amide bonds. The predicted molar refractivity (Wildman–Crippen MR) is 70.9 cm³/mol. The molecular weight excluding hydrogens is 218 g/mol. The molecule has 0 radical (unpaired) electrons. The number of hydrogen-bond donors (Lipinski definition) is 1.